The first-order valence-electron chi connectivity index (χ1n) is 6.89. The lowest BCUT2D eigenvalue weighted by atomic mass is 10.1. The van der Waals surface area contributed by atoms with Crippen molar-refractivity contribution in [3.63, 3.8) is 0 Å². The van der Waals surface area contributed by atoms with E-state index in [0.29, 0.717) is 23.6 Å². The van der Waals surface area contributed by atoms with Gasteiger partial charge < -0.3 is 9.84 Å². The summed E-state index contributed by atoms with van der Waals surface area (Å²) in [7, 11) is 0. The molecular formula is C13H14N6OS. The smallest absolute Gasteiger partial charge is 0.297 e. The van der Waals surface area contributed by atoms with E-state index in [1.807, 2.05) is 21.5 Å². The van der Waals surface area contributed by atoms with Crippen molar-refractivity contribution in [2.45, 2.75) is 18.9 Å². The number of nitrogens with one attached hydrogen (secondary N) is 1. The molecule has 1 unspecified atom stereocenters. The Morgan fingerprint density at radius 2 is 2.38 bits per heavy atom. The van der Waals surface area contributed by atoms with Gasteiger partial charge in [0.25, 0.3) is 5.89 Å². The maximum Gasteiger partial charge on any atom is 0.297 e. The first kappa shape index (κ1) is 12.7. The number of aromatic nitrogens is 5. The molecule has 1 atom stereocenters. The third kappa shape index (κ3) is 2.47. The predicted molar refractivity (Wildman–Crippen MR) is 77.8 cm³/mol. The van der Waals surface area contributed by atoms with Crippen molar-refractivity contribution >= 4 is 11.3 Å². The lowest BCUT2D eigenvalue weighted by Gasteiger charge is -2.22. The van der Waals surface area contributed by atoms with Crippen LogP contribution in [0, 0.1) is 0 Å². The van der Waals surface area contributed by atoms with Crippen LogP contribution in [0.4, 0.5) is 0 Å². The van der Waals surface area contributed by atoms with Gasteiger partial charge in [0.05, 0.1) is 6.04 Å². The van der Waals surface area contributed by atoms with E-state index < -0.39 is 0 Å². The zero-order valence-corrected chi connectivity index (χ0v) is 12.1. The maximum atomic E-state index is 5.26. The van der Waals surface area contributed by atoms with E-state index in [9.17, 15) is 0 Å². The molecule has 3 aromatic heterocycles. The van der Waals surface area contributed by atoms with Gasteiger partial charge in [-0.1, -0.05) is 5.16 Å². The molecular weight excluding hydrogens is 288 g/mol. The minimum absolute atomic E-state index is 0.347. The van der Waals surface area contributed by atoms with Crippen LogP contribution >= 0.6 is 11.3 Å². The fraction of sp³-hybridized carbons (Fsp3) is 0.385. The molecule has 4 heterocycles. The Hall–Kier alpha value is -2.06. The Balaban J connectivity index is 1.58. The molecule has 1 fully saturated rings. The molecule has 0 aliphatic carbocycles. The molecule has 7 nitrogen and oxygen atoms in total. The summed E-state index contributed by atoms with van der Waals surface area (Å²) in [5, 5.41) is 15.8. The van der Waals surface area contributed by atoms with Gasteiger partial charge in [-0.2, -0.15) is 16.3 Å². The summed E-state index contributed by atoms with van der Waals surface area (Å²) < 4.78 is 7.15. The van der Waals surface area contributed by atoms with Gasteiger partial charge >= 0.3 is 0 Å². The second kappa shape index (κ2) is 5.38. The Labute approximate surface area is 125 Å². The van der Waals surface area contributed by atoms with Crippen molar-refractivity contribution in [2.75, 3.05) is 13.1 Å². The average molecular weight is 302 g/mol. The van der Waals surface area contributed by atoms with Crippen LogP contribution in [-0.2, 0) is 0 Å². The highest BCUT2D eigenvalue weighted by molar-refractivity contribution is 7.08. The van der Waals surface area contributed by atoms with Crippen molar-refractivity contribution in [1.82, 2.24) is 30.2 Å². The molecule has 4 rings (SSSR count). The second-order valence-electron chi connectivity index (χ2n) is 4.98. The van der Waals surface area contributed by atoms with E-state index in [4.69, 9.17) is 4.52 Å². The Morgan fingerprint density at radius 3 is 3.19 bits per heavy atom. The van der Waals surface area contributed by atoms with Gasteiger partial charge in [0.1, 0.15) is 6.33 Å². The van der Waals surface area contributed by atoms with Crippen LogP contribution in [0.2, 0.25) is 0 Å². The summed E-state index contributed by atoms with van der Waals surface area (Å²) >= 11 is 1.60. The maximum absolute atomic E-state index is 5.26. The molecule has 0 spiro atoms. The summed E-state index contributed by atoms with van der Waals surface area (Å²) in [6.45, 7) is 2.00. The Morgan fingerprint density at radius 1 is 1.38 bits per heavy atom. The van der Waals surface area contributed by atoms with Crippen LogP contribution in [0.3, 0.4) is 0 Å². The van der Waals surface area contributed by atoms with E-state index in [1.165, 1.54) is 0 Å². The van der Waals surface area contributed by atoms with Crippen LogP contribution in [0.5, 0.6) is 0 Å². The largest absolute Gasteiger partial charge is 0.330 e. The van der Waals surface area contributed by atoms with Gasteiger partial charge in [-0.05, 0) is 30.8 Å². The summed E-state index contributed by atoms with van der Waals surface area (Å²) in [5.74, 6) is 1.41. The zero-order valence-electron chi connectivity index (χ0n) is 11.3. The fourth-order valence-electron chi connectivity index (χ4n) is 2.43. The van der Waals surface area contributed by atoms with E-state index in [-0.39, 0.29) is 0 Å². The van der Waals surface area contributed by atoms with E-state index in [1.54, 1.807) is 17.7 Å². The third-order valence-corrected chi connectivity index (χ3v) is 4.23. The Bertz CT molecular complexity index is 713. The van der Waals surface area contributed by atoms with Crippen molar-refractivity contribution < 1.29 is 4.52 Å². The molecule has 0 radical (unpaired) electrons. The van der Waals surface area contributed by atoms with Crippen LogP contribution in [0.1, 0.15) is 18.9 Å². The summed E-state index contributed by atoms with van der Waals surface area (Å²) in [5.41, 5.74) is 0.950. The molecule has 1 aliphatic rings. The minimum atomic E-state index is 0.347. The molecule has 1 aliphatic heterocycles. The highest BCUT2D eigenvalue weighted by Crippen LogP contribution is 2.22. The standard InChI is InChI=1S/C13H14N6OS/c1-2-10(6-14-4-1)19-8-15-12(17-19)13-16-11(18-20-13)9-3-5-21-7-9/h3,5,7-8,10,14H,1-2,4,6H2. The predicted octanol–water partition coefficient (Wildman–Crippen LogP) is 1.98. The lowest BCUT2D eigenvalue weighted by molar-refractivity contribution is 0.345. The van der Waals surface area contributed by atoms with Crippen LogP contribution in [-0.4, -0.2) is 38.0 Å². The molecule has 21 heavy (non-hydrogen) atoms. The highest BCUT2D eigenvalue weighted by Gasteiger charge is 2.19. The normalized spacial score (nSPS) is 19.0. The summed E-state index contributed by atoms with van der Waals surface area (Å²) in [4.78, 5) is 8.64. The molecule has 0 saturated carbocycles. The van der Waals surface area contributed by atoms with Crippen molar-refractivity contribution in [2.24, 2.45) is 0 Å². The topological polar surface area (TPSA) is 81.7 Å². The number of nitrogens with zero attached hydrogens (tertiary/aromatic N) is 5. The van der Waals surface area contributed by atoms with Crippen LogP contribution in [0.25, 0.3) is 23.1 Å². The van der Waals surface area contributed by atoms with Gasteiger partial charge in [-0.15, -0.1) is 5.10 Å². The molecule has 0 bridgehead atoms. The number of rotatable bonds is 3. The first-order chi connectivity index (χ1) is 10.4. The molecule has 8 heteroatoms. The van der Waals surface area contributed by atoms with Crippen LogP contribution in [0.15, 0.2) is 27.7 Å². The molecule has 0 amide bonds. The number of hydrogen-bond donors (Lipinski definition) is 1. The SMILES string of the molecule is c1cc(-c2noc(-c3ncn(C4CCCNC4)n3)n2)cs1. The zero-order chi connectivity index (χ0) is 14.1. The third-order valence-electron chi connectivity index (χ3n) is 3.55. The summed E-state index contributed by atoms with van der Waals surface area (Å²) in [6.07, 6.45) is 4.00. The number of piperidine rings is 1. The summed E-state index contributed by atoms with van der Waals surface area (Å²) in [6, 6.07) is 2.30. The van der Waals surface area contributed by atoms with E-state index >= 15 is 0 Å². The van der Waals surface area contributed by atoms with Gasteiger partial charge in [-0.3, -0.25) is 0 Å². The first-order valence-corrected chi connectivity index (χ1v) is 7.83. The van der Waals surface area contributed by atoms with Gasteiger partial charge in [-0.25, -0.2) is 9.67 Å². The minimum Gasteiger partial charge on any atom is -0.330 e. The molecule has 108 valence electrons. The van der Waals surface area contributed by atoms with Crippen molar-refractivity contribution in [3.05, 3.63) is 23.2 Å². The molecule has 1 N–H and O–H groups in total. The van der Waals surface area contributed by atoms with Gasteiger partial charge in [0.2, 0.25) is 11.6 Å². The fourth-order valence-corrected chi connectivity index (χ4v) is 3.07. The quantitative estimate of drug-likeness (QED) is 0.796. The van der Waals surface area contributed by atoms with Crippen molar-refractivity contribution in [1.29, 1.82) is 0 Å². The van der Waals surface area contributed by atoms with Gasteiger partial charge in [0.15, 0.2) is 0 Å². The lowest BCUT2D eigenvalue weighted by Crippen LogP contribution is -2.31. The van der Waals surface area contributed by atoms with E-state index in [2.05, 4.69) is 25.5 Å². The average Bonchev–Trinajstić information content (AvgIpc) is 3.27. The number of thiophene rings is 1. The van der Waals surface area contributed by atoms with E-state index in [0.717, 1.165) is 31.5 Å². The number of hydrogen-bond acceptors (Lipinski definition) is 7. The van der Waals surface area contributed by atoms with Gasteiger partial charge in [0, 0.05) is 17.5 Å². The highest BCUT2D eigenvalue weighted by atomic mass is 32.1. The molecule has 0 aromatic carbocycles. The molecule has 3 aromatic rings. The molecule has 1 saturated heterocycles. The van der Waals surface area contributed by atoms with Crippen molar-refractivity contribution in [3.8, 4) is 23.1 Å². The Kier molecular flexibility index (Phi) is 3.24. The van der Waals surface area contributed by atoms with Crippen LogP contribution < -0.4 is 5.32 Å². The monoisotopic (exact) mass is 302 g/mol. The second-order valence-corrected chi connectivity index (χ2v) is 5.76.